The molecule has 1 N–H and O–H groups in total. The summed E-state index contributed by atoms with van der Waals surface area (Å²) in [6.45, 7) is 0.277. The third kappa shape index (κ3) is 6.35. The van der Waals surface area contributed by atoms with Crippen LogP contribution in [0.1, 0.15) is 16.7 Å². The Hall–Kier alpha value is -2.34. The number of halogens is 3. The molecule has 2 amide bonds. The van der Waals surface area contributed by atoms with Gasteiger partial charge in [0.25, 0.3) is 0 Å². The molecule has 0 spiro atoms. The molecular weight excluding hydrogens is 511 g/mol. The first-order chi connectivity index (χ1) is 15.4. The highest BCUT2D eigenvalue weighted by molar-refractivity contribution is 9.10. The number of carbonyl (C=O) groups excluding carboxylic acids is 2. The van der Waals surface area contributed by atoms with Gasteiger partial charge in [-0.05, 0) is 41.0 Å². The van der Waals surface area contributed by atoms with Crippen LogP contribution < -0.4 is 5.32 Å². The highest BCUT2D eigenvalue weighted by atomic mass is 79.9. The van der Waals surface area contributed by atoms with Gasteiger partial charge >= 0.3 is 0 Å². The second-order valence-corrected chi connectivity index (χ2v) is 9.07. The fourth-order valence-electron chi connectivity index (χ4n) is 3.46. The average Bonchev–Trinajstić information content (AvgIpc) is 2.80. The van der Waals surface area contributed by atoms with E-state index in [0.717, 1.165) is 15.6 Å². The normalized spacial score (nSPS) is 11.6. The number of carbonyl (C=O) groups is 2. The van der Waals surface area contributed by atoms with Crippen LogP contribution in [0.3, 0.4) is 0 Å². The van der Waals surface area contributed by atoms with Crippen LogP contribution in [-0.4, -0.2) is 29.8 Å². The summed E-state index contributed by atoms with van der Waals surface area (Å²) in [6.07, 6.45) is 0.385. The first kappa shape index (κ1) is 24.3. The lowest BCUT2D eigenvalue weighted by atomic mass is 10.0. The molecule has 0 heterocycles. The van der Waals surface area contributed by atoms with Gasteiger partial charge in [-0.1, -0.05) is 87.7 Å². The van der Waals surface area contributed by atoms with E-state index in [4.69, 9.17) is 23.2 Å². The Morgan fingerprint density at radius 3 is 2.12 bits per heavy atom. The van der Waals surface area contributed by atoms with Crippen LogP contribution in [0.5, 0.6) is 0 Å². The lowest BCUT2D eigenvalue weighted by Crippen LogP contribution is -2.50. The molecule has 0 fully saturated rings. The third-order valence-corrected chi connectivity index (χ3v) is 6.41. The number of hydrogen-bond donors (Lipinski definition) is 1. The van der Waals surface area contributed by atoms with Crippen molar-refractivity contribution in [2.45, 2.75) is 25.4 Å². The predicted molar refractivity (Wildman–Crippen MR) is 133 cm³/mol. The summed E-state index contributed by atoms with van der Waals surface area (Å²) in [5, 5.41) is 3.56. The summed E-state index contributed by atoms with van der Waals surface area (Å²) in [5.41, 5.74) is 2.43. The van der Waals surface area contributed by atoms with Crippen molar-refractivity contribution < 1.29 is 9.59 Å². The Labute approximate surface area is 206 Å². The zero-order valence-corrected chi connectivity index (χ0v) is 20.6. The number of amides is 2. The van der Waals surface area contributed by atoms with Gasteiger partial charge in [-0.2, -0.15) is 0 Å². The lowest BCUT2D eigenvalue weighted by molar-refractivity contribution is -0.140. The number of nitrogens with zero attached hydrogens (tertiary/aromatic N) is 1. The predicted octanol–water partition coefficient (Wildman–Crippen LogP) is 5.68. The minimum absolute atomic E-state index is 0.00266. The Kier molecular flexibility index (Phi) is 8.74. The van der Waals surface area contributed by atoms with Crippen LogP contribution in [0, 0.1) is 0 Å². The van der Waals surface area contributed by atoms with E-state index in [1.54, 1.807) is 30.1 Å². The molecule has 3 aromatic carbocycles. The second-order valence-electron chi connectivity index (χ2n) is 7.34. The van der Waals surface area contributed by atoms with Gasteiger partial charge in [-0.25, -0.2) is 0 Å². The van der Waals surface area contributed by atoms with Gasteiger partial charge in [-0.15, -0.1) is 0 Å². The van der Waals surface area contributed by atoms with Gasteiger partial charge in [0.2, 0.25) is 11.8 Å². The Balaban J connectivity index is 1.97. The highest BCUT2D eigenvalue weighted by Crippen LogP contribution is 2.26. The Bertz CT molecular complexity index is 1050. The van der Waals surface area contributed by atoms with Crippen LogP contribution in [0.4, 0.5) is 0 Å². The van der Waals surface area contributed by atoms with E-state index in [1.165, 1.54) is 0 Å². The van der Waals surface area contributed by atoms with Crippen molar-refractivity contribution in [2.24, 2.45) is 0 Å². The molecule has 0 unspecified atom stereocenters. The number of hydrogen-bond acceptors (Lipinski definition) is 2. The molecule has 3 aromatic rings. The smallest absolute Gasteiger partial charge is 0.242 e. The molecule has 0 saturated carbocycles. The van der Waals surface area contributed by atoms with E-state index in [0.29, 0.717) is 22.0 Å². The van der Waals surface area contributed by atoms with Crippen molar-refractivity contribution in [1.82, 2.24) is 10.2 Å². The first-order valence-electron chi connectivity index (χ1n) is 10.1. The largest absolute Gasteiger partial charge is 0.357 e. The second kappa shape index (κ2) is 11.5. The molecular formula is C25H23BrCl2N2O2. The van der Waals surface area contributed by atoms with Gasteiger partial charge in [0, 0.05) is 34.5 Å². The molecule has 0 saturated heterocycles. The first-order valence-corrected chi connectivity index (χ1v) is 11.7. The van der Waals surface area contributed by atoms with E-state index in [-0.39, 0.29) is 24.8 Å². The average molecular weight is 534 g/mol. The summed E-state index contributed by atoms with van der Waals surface area (Å²) in [7, 11) is 1.58. The summed E-state index contributed by atoms with van der Waals surface area (Å²) in [5.74, 6) is -0.461. The van der Waals surface area contributed by atoms with Gasteiger partial charge in [0.15, 0.2) is 0 Å². The SMILES string of the molecule is CNC(=O)[C@@H](Cc1ccccc1)N(Cc1ccc(Br)cc1)C(=O)Cc1c(Cl)cccc1Cl. The van der Waals surface area contributed by atoms with Crippen molar-refractivity contribution in [2.75, 3.05) is 7.05 Å². The van der Waals surface area contributed by atoms with Gasteiger partial charge < -0.3 is 10.2 Å². The maximum atomic E-state index is 13.6. The zero-order chi connectivity index (χ0) is 23.1. The lowest BCUT2D eigenvalue weighted by Gasteiger charge is -2.31. The van der Waals surface area contributed by atoms with Crippen LogP contribution >= 0.6 is 39.1 Å². The number of benzene rings is 3. The van der Waals surface area contributed by atoms with Crippen molar-refractivity contribution >= 4 is 50.9 Å². The van der Waals surface area contributed by atoms with Crippen molar-refractivity contribution in [1.29, 1.82) is 0 Å². The Morgan fingerprint density at radius 1 is 0.906 bits per heavy atom. The topological polar surface area (TPSA) is 49.4 Å². The van der Waals surface area contributed by atoms with E-state index in [1.807, 2.05) is 54.6 Å². The third-order valence-electron chi connectivity index (χ3n) is 5.17. The van der Waals surface area contributed by atoms with Crippen molar-refractivity contribution in [3.8, 4) is 0 Å². The molecule has 32 heavy (non-hydrogen) atoms. The van der Waals surface area contributed by atoms with Crippen molar-refractivity contribution in [3.05, 3.63) is 104 Å². The van der Waals surface area contributed by atoms with Crippen molar-refractivity contribution in [3.63, 3.8) is 0 Å². The van der Waals surface area contributed by atoms with E-state index >= 15 is 0 Å². The van der Waals surface area contributed by atoms with Gasteiger partial charge in [0.05, 0.1) is 6.42 Å². The monoisotopic (exact) mass is 532 g/mol. The van der Waals surface area contributed by atoms with Crippen LogP contribution in [-0.2, 0) is 29.0 Å². The van der Waals surface area contributed by atoms with E-state index in [2.05, 4.69) is 21.2 Å². The molecule has 1 atom stereocenters. The molecule has 0 radical (unpaired) electrons. The zero-order valence-electron chi connectivity index (χ0n) is 17.5. The maximum Gasteiger partial charge on any atom is 0.242 e. The van der Waals surface area contributed by atoms with Gasteiger partial charge in [-0.3, -0.25) is 9.59 Å². The number of rotatable bonds is 8. The molecule has 166 valence electrons. The fraction of sp³-hybridized carbons (Fsp3) is 0.200. The van der Waals surface area contributed by atoms with E-state index in [9.17, 15) is 9.59 Å². The standard InChI is InChI=1S/C25H23BrCl2N2O2/c1-29-25(32)23(14-17-6-3-2-4-7-17)30(16-18-10-12-19(26)13-11-18)24(31)15-20-21(27)8-5-9-22(20)28/h2-13,23H,14-16H2,1H3,(H,29,32)/t23-/m1/s1. The van der Waals surface area contributed by atoms with Gasteiger partial charge in [0.1, 0.15) is 6.04 Å². The molecule has 0 aromatic heterocycles. The molecule has 0 aliphatic rings. The molecule has 7 heteroatoms. The summed E-state index contributed by atoms with van der Waals surface area (Å²) < 4.78 is 0.939. The molecule has 0 bridgehead atoms. The summed E-state index contributed by atoms with van der Waals surface area (Å²) in [6, 6.07) is 21.8. The number of likely N-dealkylation sites (N-methyl/N-ethyl adjacent to an activating group) is 1. The fourth-order valence-corrected chi connectivity index (χ4v) is 4.26. The minimum Gasteiger partial charge on any atom is -0.357 e. The van der Waals surface area contributed by atoms with Crippen LogP contribution in [0.25, 0.3) is 0 Å². The maximum absolute atomic E-state index is 13.6. The molecule has 4 nitrogen and oxygen atoms in total. The highest BCUT2D eigenvalue weighted by Gasteiger charge is 2.30. The number of nitrogens with one attached hydrogen (secondary N) is 1. The molecule has 0 aliphatic carbocycles. The Morgan fingerprint density at radius 2 is 1.53 bits per heavy atom. The quantitative estimate of drug-likeness (QED) is 0.404. The van der Waals surface area contributed by atoms with Crippen LogP contribution in [0.15, 0.2) is 77.3 Å². The molecule has 0 aliphatic heterocycles. The molecule has 3 rings (SSSR count). The van der Waals surface area contributed by atoms with E-state index < -0.39 is 6.04 Å². The van der Waals surface area contributed by atoms with Crippen LogP contribution in [0.2, 0.25) is 10.0 Å². The summed E-state index contributed by atoms with van der Waals surface area (Å²) in [4.78, 5) is 28.1. The summed E-state index contributed by atoms with van der Waals surface area (Å²) >= 11 is 16.1. The minimum atomic E-state index is -0.695.